The molecule has 32 heavy (non-hydrogen) atoms. The molecule has 1 fully saturated rings. The van der Waals surface area contributed by atoms with E-state index in [0.29, 0.717) is 18.2 Å². The van der Waals surface area contributed by atoms with Crippen molar-refractivity contribution >= 4 is 27.9 Å². The second-order valence-corrected chi connectivity index (χ2v) is 9.33. The monoisotopic (exact) mass is 508 g/mol. The molecule has 0 spiro atoms. The number of benzene rings is 2. The topological polar surface area (TPSA) is 23.6 Å². The second kappa shape index (κ2) is 10.7. The van der Waals surface area contributed by atoms with Crippen LogP contribution >= 0.6 is 15.9 Å². The van der Waals surface area contributed by atoms with E-state index in [0.717, 1.165) is 48.1 Å². The number of halogens is 4. The third-order valence-corrected chi connectivity index (χ3v) is 6.34. The maximum atomic E-state index is 13.2. The number of rotatable bonds is 6. The molecular formula is C25H28BrF3N2O. The molecule has 0 saturated carbocycles. The molecule has 3 nitrogen and oxygen atoms in total. The molecule has 7 heteroatoms. The molecule has 1 aliphatic heterocycles. The van der Waals surface area contributed by atoms with Crippen molar-refractivity contribution in [2.24, 2.45) is 0 Å². The van der Waals surface area contributed by atoms with E-state index >= 15 is 0 Å². The summed E-state index contributed by atoms with van der Waals surface area (Å²) in [6.45, 7) is 6.72. The van der Waals surface area contributed by atoms with Gasteiger partial charge in [0, 0.05) is 42.3 Å². The van der Waals surface area contributed by atoms with Gasteiger partial charge in [-0.15, -0.1) is 0 Å². The van der Waals surface area contributed by atoms with Crippen LogP contribution in [0.4, 0.5) is 13.2 Å². The molecule has 0 aliphatic carbocycles. The summed E-state index contributed by atoms with van der Waals surface area (Å²) in [5.74, 6) is -0.132. The highest BCUT2D eigenvalue weighted by atomic mass is 79.9. The fourth-order valence-electron chi connectivity index (χ4n) is 3.98. The van der Waals surface area contributed by atoms with Crippen LogP contribution in [0.1, 0.15) is 43.4 Å². The van der Waals surface area contributed by atoms with Gasteiger partial charge in [0.05, 0.1) is 5.56 Å². The lowest BCUT2D eigenvalue weighted by atomic mass is 10.0. The number of alkyl halides is 3. The Morgan fingerprint density at radius 3 is 2.38 bits per heavy atom. The Hall–Kier alpha value is -2.12. The van der Waals surface area contributed by atoms with Crippen LogP contribution < -0.4 is 0 Å². The van der Waals surface area contributed by atoms with Gasteiger partial charge in [0.1, 0.15) is 0 Å². The normalized spacial score (nSPS) is 16.1. The van der Waals surface area contributed by atoms with Gasteiger partial charge in [-0.3, -0.25) is 4.79 Å². The van der Waals surface area contributed by atoms with Crippen LogP contribution in [0.25, 0.3) is 6.08 Å². The Morgan fingerprint density at radius 1 is 1.16 bits per heavy atom. The first kappa shape index (κ1) is 24.5. The van der Waals surface area contributed by atoms with Crippen molar-refractivity contribution in [2.75, 3.05) is 13.1 Å². The maximum absolute atomic E-state index is 13.2. The summed E-state index contributed by atoms with van der Waals surface area (Å²) in [4.78, 5) is 17.5. The van der Waals surface area contributed by atoms with Crippen LogP contribution in [0, 0.1) is 0 Å². The predicted octanol–water partition coefficient (Wildman–Crippen LogP) is 6.38. The third-order valence-electron chi connectivity index (χ3n) is 5.85. The van der Waals surface area contributed by atoms with Crippen molar-refractivity contribution < 1.29 is 18.0 Å². The minimum atomic E-state index is -4.37. The largest absolute Gasteiger partial charge is 0.416 e. The number of hydrogen-bond donors (Lipinski definition) is 0. The Bertz CT molecular complexity index is 933. The fraction of sp³-hybridized carbons (Fsp3) is 0.400. The van der Waals surface area contributed by atoms with Crippen molar-refractivity contribution in [2.45, 2.75) is 51.5 Å². The maximum Gasteiger partial charge on any atom is 0.416 e. The average Bonchev–Trinajstić information content (AvgIpc) is 2.75. The highest BCUT2D eigenvalue weighted by Gasteiger charge is 2.30. The van der Waals surface area contributed by atoms with Crippen LogP contribution in [0.5, 0.6) is 0 Å². The van der Waals surface area contributed by atoms with Gasteiger partial charge in [0.25, 0.3) is 0 Å². The van der Waals surface area contributed by atoms with Crippen LogP contribution in [-0.2, 0) is 17.5 Å². The zero-order valence-corrected chi connectivity index (χ0v) is 19.9. The Kier molecular flexibility index (Phi) is 8.17. The number of amides is 1. The molecule has 0 atom stereocenters. The zero-order chi connectivity index (χ0) is 23.3. The average molecular weight is 509 g/mol. The first-order chi connectivity index (χ1) is 15.1. The molecule has 1 saturated heterocycles. The second-order valence-electron chi connectivity index (χ2n) is 8.41. The molecule has 172 valence electrons. The number of piperidine rings is 1. The molecule has 2 aromatic carbocycles. The molecule has 2 aromatic rings. The van der Waals surface area contributed by atoms with Crippen molar-refractivity contribution in [1.82, 2.24) is 9.80 Å². The van der Waals surface area contributed by atoms with Gasteiger partial charge in [0.2, 0.25) is 5.91 Å². The standard InChI is InChI=1S/C25H28BrF3N2O/c1-18(2)30-14-12-23(13-15-30)31(17-20-4-3-5-22(26)16-20)24(32)11-8-19-6-9-21(10-7-19)25(27,28)29/h3-11,16,18,23H,12-15,17H2,1-2H3. The van der Waals surface area contributed by atoms with Crippen molar-refractivity contribution in [3.8, 4) is 0 Å². The Morgan fingerprint density at radius 2 is 1.81 bits per heavy atom. The zero-order valence-electron chi connectivity index (χ0n) is 18.3. The Balaban J connectivity index is 1.76. The van der Waals surface area contributed by atoms with Crippen LogP contribution in [-0.4, -0.2) is 40.9 Å². The predicted molar refractivity (Wildman–Crippen MR) is 125 cm³/mol. The molecule has 1 amide bonds. The van der Waals surface area contributed by atoms with Gasteiger partial charge in [-0.05, 0) is 68.2 Å². The van der Waals surface area contributed by atoms with Crippen molar-refractivity contribution in [3.05, 3.63) is 75.8 Å². The summed E-state index contributed by atoms with van der Waals surface area (Å²) in [5, 5.41) is 0. The van der Waals surface area contributed by atoms with Gasteiger partial charge in [0.15, 0.2) is 0 Å². The SMILES string of the molecule is CC(C)N1CCC(N(Cc2cccc(Br)c2)C(=O)C=Cc2ccc(C(F)(F)F)cc2)CC1. The van der Waals surface area contributed by atoms with Crippen molar-refractivity contribution in [1.29, 1.82) is 0 Å². The van der Waals surface area contributed by atoms with E-state index in [1.807, 2.05) is 29.2 Å². The summed E-state index contributed by atoms with van der Waals surface area (Å²) >= 11 is 3.49. The molecule has 3 rings (SSSR count). The first-order valence-corrected chi connectivity index (χ1v) is 11.6. The molecule has 1 heterocycles. The van der Waals surface area contributed by atoms with E-state index in [-0.39, 0.29) is 11.9 Å². The molecule has 0 bridgehead atoms. The van der Waals surface area contributed by atoms with Gasteiger partial charge in [-0.25, -0.2) is 0 Å². The lowest BCUT2D eigenvalue weighted by Crippen LogP contribution is -2.48. The molecular weight excluding hydrogens is 481 g/mol. The van der Waals surface area contributed by atoms with E-state index in [2.05, 4.69) is 34.7 Å². The smallest absolute Gasteiger partial charge is 0.332 e. The summed E-state index contributed by atoms with van der Waals surface area (Å²) in [5.41, 5.74) is 0.888. The first-order valence-electron chi connectivity index (χ1n) is 10.8. The van der Waals surface area contributed by atoms with Gasteiger partial charge in [-0.1, -0.05) is 40.2 Å². The summed E-state index contributed by atoms with van der Waals surface area (Å²) in [7, 11) is 0. The van der Waals surface area contributed by atoms with Crippen LogP contribution in [0.3, 0.4) is 0 Å². The van der Waals surface area contributed by atoms with Gasteiger partial charge in [-0.2, -0.15) is 13.2 Å². The van der Waals surface area contributed by atoms with Crippen molar-refractivity contribution in [3.63, 3.8) is 0 Å². The fourth-order valence-corrected chi connectivity index (χ4v) is 4.43. The number of nitrogens with zero attached hydrogens (tertiary/aromatic N) is 2. The number of hydrogen-bond acceptors (Lipinski definition) is 2. The lowest BCUT2D eigenvalue weighted by molar-refractivity contribution is -0.137. The van der Waals surface area contributed by atoms with Gasteiger partial charge < -0.3 is 9.80 Å². The summed E-state index contributed by atoms with van der Waals surface area (Å²) in [6.07, 6.45) is 0.469. The molecule has 0 unspecified atom stereocenters. The number of carbonyl (C=O) groups is 1. The lowest BCUT2D eigenvalue weighted by Gasteiger charge is -2.39. The molecule has 0 aromatic heterocycles. The number of likely N-dealkylation sites (tertiary alicyclic amines) is 1. The van der Waals surface area contributed by atoms with E-state index in [4.69, 9.17) is 0 Å². The quantitative estimate of drug-likeness (QED) is 0.422. The van der Waals surface area contributed by atoms with Gasteiger partial charge >= 0.3 is 6.18 Å². The molecule has 1 aliphatic rings. The Labute approximate surface area is 196 Å². The highest BCUT2D eigenvalue weighted by molar-refractivity contribution is 9.10. The van der Waals surface area contributed by atoms with Crippen LogP contribution in [0.15, 0.2) is 59.1 Å². The van der Waals surface area contributed by atoms with E-state index < -0.39 is 11.7 Å². The minimum Gasteiger partial charge on any atom is -0.332 e. The van der Waals surface area contributed by atoms with E-state index in [9.17, 15) is 18.0 Å². The van der Waals surface area contributed by atoms with Crippen LogP contribution in [0.2, 0.25) is 0 Å². The summed E-state index contributed by atoms with van der Waals surface area (Å²) < 4.78 is 39.3. The number of carbonyl (C=O) groups excluding carboxylic acids is 1. The molecule has 0 radical (unpaired) electrons. The molecule has 0 N–H and O–H groups in total. The minimum absolute atomic E-state index is 0.119. The third kappa shape index (κ3) is 6.69. The van der Waals surface area contributed by atoms with E-state index in [1.54, 1.807) is 6.08 Å². The summed E-state index contributed by atoms with van der Waals surface area (Å²) in [6, 6.07) is 13.3. The van der Waals surface area contributed by atoms with E-state index in [1.165, 1.54) is 18.2 Å². The highest BCUT2D eigenvalue weighted by Crippen LogP contribution is 2.29.